The summed E-state index contributed by atoms with van der Waals surface area (Å²) in [7, 11) is 0. The van der Waals surface area contributed by atoms with Crippen LogP contribution in [0.1, 0.15) is 31.7 Å². The number of amides is 5. The van der Waals surface area contributed by atoms with Crippen LogP contribution in [-0.4, -0.2) is 81.0 Å². The van der Waals surface area contributed by atoms with Crippen molar-refractivity contribution in [3.8, 4) is 0 Å². The highest BCUT2D eigenvalue weighted by Gasteiger charge is 2.34. The summed E-state index contributed by atoms with van der Waals surface area (Å²) in [5.41, 5.74) is 6.64. The van der Waals surface area contributed by atoms with Crippen molar-refractivity contribution in [2.75, 3.05) is 0 Å². The van der Waals surface area contributed by atoms with Crippen LogP contribution in [0.25, 0.3) is 10.9 Å². The van der Waals surface area contributed by atoms with Gasteiger partial charge in [0.15, 0.2) is 6.04 Å². The number of carboxylic acids is 1. The molecule has 38 heavy (non-hydrogen) atoms. The van der Waals surface area contributed by atoms with E-state index in [-0.39, 0.29) is 25.2 Å². The molecule has 5 amide bonds. The van der Waals surface area contributed by atoms with Crippen LogP contribution in [-0.2, 0) is 35.2 Å². The van der Waals surface area contributed by atoms with Crippen molar-refractivity contribution in [2.24, 2.45) is 5.73 Å². The first-order chi connectivity index (χ1) is 18.0. The maximum absolute atomic E-state index is 13.2. The Labute approximate surface area is 216 Å². The largest absolute Gasteiger partial charge is 0.480 e. The van der Waals surface area contributed by atoms with Gasteiger partial charge in [0, 0.05) is 29.9 Å². The van der Waals surface area contributed by atoms with Gasteiger partial charge in [-0.1, -0.05) is 18.2 Å². The second kappa shape index (κ2) is 12.2. The smallest absolute Gasteiger partial charge is 0.328 e. The summed E-state index contributed by atoms with van der Waals surface area (Å²) >= 11 is 0. The van der Waals surface area contributed by atoms with Crippen molar-refractivity contribution in [3.63, 3.8) is 0 Å². The molecule has 2 aromatic rings. The van der Waals surface area contributed by atoms with Crippen LogP contribution in [0.5, 0.6) is 0 Å². The number of primary amides is 1. The lowest BCUT2D eigenvalue weighted by Gasteiger charge is -2.25. The quantitative estimate of drug-likeness (QED) is 0.149. The topological polar surface area (TPSA) is 233 Å². The maximum Gasteiger partial charge on any atom is 0.328 e. The van der Waals surface area contributed by atoms with Gasteiger partial charge in [-0.2, -0.15) is 0 Å². The summed E-state index contributed by atoms with van der Waals surface area (Å²) in [5.74, 6) is -5.26. The molecule has 9 N–H and O–H groups in total. The number of hydrogen-bond donors (Lipinski definition) is 8. The summed E-state index contributed by atoms with van der Waals surface area (Å²) in [5, 5.41) is 29.4. The fraction of sp³-hybridized carbons (Fsp3) is 0.417. The molecule has 204 valence electrons. The molecule has 1 aromatic carbocycles. The predicted octanol–water partition coefficient (Wildman–Crippen LogP) is -2.22. The number of aliphatic hydroxyl groups excluding tert-OH is 1. The Morgan fingerprint density at radius 1 is 1.08 bits per heavy atom. The summed E-state index contributed by atoms with van der Waals surface area (Å²) in [6, 6.07) is 1.80. The monoisotopic (exact) mass is 530 g/mol. The Kier molecular flexibility index (Phi) is 9.02. The zero-order valence-electron chi connectivity index (χ0n) is 20.5. The van der Waals surface area contributed by atoms with Gasteiger partial charge in [0.1, 0.15) is 18.1 Å². The van der Waals surface area contributed by atoms with E-state index in [1.807, 2.05) is 0 Å². The van der Waals surface area contributed by atoms with E-state index in [0.717, 1.165) is 10.9 Å². The molecule has 1 saturated heterocycles. The highest BCUT2D eigenvalue weighted by atomic mass is 16.4. The number of para-hydroxylation sites is 1. The third-order valence-corrected chi connectivity index (χ3v) is 6.13. The molecule has 0 spiro atoms. The molecule has 1 aromatic heterocycles. The number of nitrogens with two attached hydrogens (primary N) is 1. The lowest BCUT2D eigenvalue weighted by molar-refractivity contribution is -0.145. The number of rotatable bonds is 12. The minimum atomic E-state index is -1.66. The SMILES string of the molecule is C[C@@H](O)[C@H](NC(=O)[C@H](Cc1c[nH]c2ccccc12)NC(=O)[C@H](CC(N)=O)NC(=O)[C@@H]1CCC(=O)N1)C(=O)O. The number of carbonyl (C=O) groups excluding carboxylic acids is 5. The second-order valence-electron chi connectivity index (χ2n) is 9.08. The molecule has 1 fully saturated rings. The highest BCUT2D eigenvalue weighted by molar-refractivity contribution is 5.98. The van der Waals surface area contributed by atoms with Gasteiger partial charge in [0.2, 0.25) is 29.5 Å². The van der Waals surface area contributed by atoms with Crippen LogP contribution < -0.4 is 27.0 Å². The molecule has 0 unspecified atom stereocenters. The van der Waals surface area contributed by atoms with E-state index in [1.54, 1.807) is 30.5 Å². The van der Waals surface area contributed by atoms with Crippen molar-refractivity contribution in [3.05, 3.63) is 36.0 Å². The van der Waals surface area contributed by atoms with Gasteiger partial charge in [-0.05, 0) is 25.0 Å². The number of carbonyl (C=O) groups is 6. The van der Waals surface area contributed by atoms with Gasteiger partial charge in [-0.3, -0.25) is 24.0 Å². The average molecular weight is 531 g/mol. The van der Waals surface area contributed by atoms with Gasteiger partial charge in [-0.15, -0.1) is 0 Å². The molecule has 0 aliphatic carbocycles. The van der Waals surface area contributed by atoms with Crippen molar-refractivity contribution in [1.82, 2.24) is 26.3 Å². The molecule has 0 saturated carbocycles. The highest BCUT2D eigenvalue weighted by Crippen LogP contribution is 2.19. The zero-order chi connectivity index (χ0) is 28.0. The Balaban J connectivity index is 1.84. The van der Waals surface area contributed by atoms with Crippen LogP contribution in [0.15, 0.2) is 30.5 Å². The molecular weight excluding hydrogens is 500 g/mol. The third-order valence-electron chi connectivity index (χ3n) is 6.13. The Bertz CT molecular complexity index is 1240. The molecule has 1 aliphatic rings. The molecule has 0 radical (unpaired) electrons. The van der Waals surface area contributed by atoms with Crippen LogP contribution >= 0.6 is 0 Å². The van der Waals surface area contributed by atoms with E-state index in [0.29, 0.717) is 5.56 Å². The molecule has 14 heteroatoms. The lowest BCUT2D eigenvalue weighted by Crippen LogP contribution is -2.59. The summed E-state index contributed by atoms with van der Waals surface area (Å²) < 4.78 is 0. The zero-order valence-corrected chi connectivity index (χ0v) is 20.5. The summed E-state index contributed by atoms with van der Waals surface area (Å²) in [6.45, 7) is 1.19. The minimum Gasteiger partial charge on any atom is -0.480 e. The van der Waals surface area contributed by atoms with Crippen molar-refractivity contribution < 1.29 is 39.0 Å². The average Bonchev–Trinajstić information content (AvgIpc) is 3.47. The van der Waals surface area contributed by atoms with Crippen LogP contribution in [0.4, 0.5) is 0 Å². The predicted molar refractivity (Wildman–Crippen MR) is 132 cm³/mol. The van der Waals surface area contributed by atoms with Crippen LogP contribution in [0.3, 0.4) is 0 Å². The van der Waals surface area contributed by atoms with Gasteiger partial charge in [0.25, 0.3) is 0 Å². The van der Waals surface area contributed by atoms with E-state index in [1.165, 1.54) is 6.92 Å². The van der Waals surface area contributed by atoms with Gasteiger partial charge >= 0.3 is 5.97 Å². The van der Waals surface area contributed by atoms with E-state index in [4.69, 9.17) is 5.73 Å². The number of aromatic amines is 1. The van der Waals surface area contributed by atoms with Crippen molar-refractivity contribution in [1.29, 1.82) is 0 Å². The van der Waals surface area contributed by atoms with Gasteiger partial charge in [-0.25, -0.2) is 4.79 Å². The van der Waals surface area contributed by atoms with Crippen molar-refractivity contribution >= 4 is 46.4 Å². The number of fused-ring (bicyclic) bond motifs is 1. The van der Waals surface area contributed by atoms with E-state index >= 15 is 0 Å². The molecule has 1 aliphatic heterocycles. The Morgan fingerprint density at radius 2 is 1.76 bits per heavy atom. The normalized spacial score (nSPS) is 18.1. The van der Waals surface area contributed by atoms with Gasteiger partial charge in [0.05, 0.1) is 12.5 Å². The number of benzene rings is 1. The summed E-state index contributed by atoms with van der Waals surface area (Å²) in [6.07, 6.45) is -0.159. The number of aliphatic hydroxyl groups is 1. The molecule has 5 atom stereocenters. The molecular formula is C24H30N6O8. The number of hydrogen-bond acceptors (Lipinski definition) is 7. The fourth-order valence-corrected chi connectivity index (χ4v) is 4.14. The Morgan fingerprint density at radius 3 is 2.37 bits per heavy atom. The number of aliphatic carboxylic acids is 1. The lowest BCUT2D eigenvalue weighted by atomic mass is 10.0. The minimum absolute atomic E-state index is 0.0936. The molecule has 14 nitrogen and oxygen atoms in total. The summed E-state index contributed by atoms with van der Waals surface area (Å²) in [4.78, 5) is 76.5. The first-order valence-electron chi connectivity index (χ1n) is 11.9. The number of carboxylic acid groups (broad SMARTS) is 1. The van der Waals surface area contributed by atoms with Crippen molar-refractivity contribution in [2.45, 2.75) is 62.9 Å². The number of aromatic nitrogens is 1. The molecule has 3 rings (SSSR count). The van der Waals surface area contributed by atoms with E-state index in [9.17, 15) is 39.0 Å². The first kappa shape index (κ1) is 28.1. The third kappa shape index (κ3) is 7.06. The van der Waals surface area contributed by atoms with E-state index < -0.39 is 66.3 Å². The maximum atomic E-state index is 13.2. The standard InChI is InChI=1S/C24H30N6O8/c1-11(31)20(24(37)38)30-23(36)16(8-12-10-26-14-5-3-2-4-13(12)14)28-22(35)17(9-18(25)32)29-21(34)15-6-7-19(33)27-15/h2-5,10-11,15-17,20,26,31H,6-9H2,1H3,(H2,25,32)(H,27,33)(H,28,35)(H,29,34)(H,30,36)(H,37,38)/t11-,15+,16+,17+,20+/m1/s1. The second-order valence-corrected chi connectivity index (χ2v) is 9.08. The van der Waals surface area contributed by atoms with Crippen LogP contribution in [0.2, 0.25) is 0 Å². The first-order valence-corrected chi connectivity index (χ1v) is 11.9. The number of nitrogens with one attached hydrogen (secondary N) is 5. The van der Waals surface area contributed by atoms with Gasteiger partial charge < -0.3 is 42.2 Å². The Hall–Kier alpha value is -4.46. The van der Waals surface area contributed by atoms with Crippen LogP contribution in [0, 0.1) is 0 Å². The van der Waals surface area contributed by atoms with E-state index in [2.05, 4.69) is 26.3 Å². The molecule has 0 bridgehead atoms. The number of H-pyrrole nitrogens is 1. The fourth-order valence-electron chi connectivity index (χ4n) is 4.14. The molecule has 2 heterocycles.